The van der Waals surface area contributed by atoms with Crippen molar-refractivity contribution in [2.75, 3.05) is 56.1 Å². The number of rotatable bonds is 8. The quantitative estimate of drug-likeness (QED) is 0.328. The van der Waals surface area contributed by atoms with Crippen molar-refractivity contribution in [1.82, 2.24) is 14.9 Å². The summed E-state index contributed by atoms with van der Waals surface area (Å²) >= 11 is 0. The molecule has 34 heavy (non-hydrogen) atoms. The first-order valence-electron chi connectivity index (χ1n) is 11.3. The lowest BCUT2D eigenvalue weighted by molar-refractivity contribution is -0.383. The highest BCUT2D eigenvalue weighted by Gasteiger charge is 2.31. The Morgan fingerprint density at radius 1 is 1.18 bits per heavy atom. The number of esters is 1. The molecular formula is C24H32N6O4. The Morgan fingerprint density at radius 3 is 2.47 bits per heavy atom. The van der Waals surface area contributed by atoms with Crippen LogP contribution in [0.3, 0.4) is 0 Å². The molecule has 10 heteroatoms. The first-order chi connectivity index (χ1) is 16.1. The molecule has 1 aliphatic rings. The summed E-state index contributed by atoms with van der Waals surface area (Å²) < 4.78 is 5.33. The number of piperazine rings is 1. The van der Waals surface area contributed by atoms with E-state index in [1.165, 1.54) is 11.2 Å². The van der Waals surface area contributed by atoms with Crippen LogP contribution in [0, 0.1) is 10.1 Å². The van der Waals surface area contributed by atoms with E-state index in [9.17, 15) is 14.9 Å². The molecule has 182 valence electrons. The first kappa shape index (κ1) is 25.1. The van der Waals surface area contributed by atoms with Gasteiger partial charge in [-0.2, -0.15) is 0 Å². The van der Waals surface area contributed by atoms with E-state index in [0.717, 1.165) is 25.2 Å². The number of aromatic nitrogens is 2. The van der Waals surface area contributed by atoms with Gasteiger partial charge >= 0.3 is 11.7 Å². The molecule has 0 spiro atoms. The number of hydrogen-bond donors (Lipinski definition) is 0. The number of benzene rings is 1. The van der Waals surface area contributed by atoms with Gasteiger partial charge in [-0.05, 0) is 26.3 Å². The van der Waals surface area contributed by atoms with E-state index < -0.39 is 16.5 Å². The molecule has 3 rings (SSSR count). The van der Waals surface area contributed by atoms with E-state index >= 15 is 0 Å². The number of hydrogen-bond acceptors (Lipinski definition) is 9. The van der Waals surface area contributed by atoms with E-state index in [2.05, 4.69) is 39.2 Å². The van der Waals surface area contributed by atoms with Gasteiger partial charge in [0.05, 0.1) is 4.92 Å². The van der Waals surface area contributed by atoms with Gasteiger partial charge in [-0.1, -0.05) is 42.5 Å². The van der Waals surface area contributed by atoms with Crippen LogP contribution in [0.2, 0.25) is 0 Å². The van der Waals surface area contributed by atoms with Crippen LogP contribution in [0.25, 0.3) is 6.08 Å². The highest BCUT2D eigenvalue weighted by molar-refractivity contribution is 5.79. The van der Waals surface area contributed by atoms with Crippen molar-refractivity contribution >= 4 is 29.4 Å². The monoisotopic (exact) mass is 468 g/mol. The van der Waals surface area contributed by atoms with E-state index in [0.29, 0.717) is 13.1 Å². The van der Waals surface area contributed by atoms with Gasteiger partial charge in [0.25, 0.3) is 0 Å². The zero-order chi connectivity index (χ0) is 24.7. The van der Waals surface area contributed by atoms with Crippen LogP contribution in [0.1, 0.15) is 26.3 Å². The van der Waals surface area contributed by atoms with Crippen LogP contribution in [0.4, 0.5) is 17.3 Å². The smallest absolute Gasteiger partial charge is 0.353 e. The molecule has 10 nitrogen and oxygen atoms in total. The zero-order valence-corrected chi connectivity index (χ0v) is 20.2. The average molecular weight is 469 g/mol. The SMILES string of the molecule is CN(CC(=O)OC(C)(C)C)c1ncnc(N2CCN(CC=Cc3ccccc3)CC2)c1[N+](=O)[O-]. The Balaban J connectivity index is 1.66. The fourth-order valence-corrected chi connectivity index (χ4v) is 3.72. The van der Waals surface area contributed by atoms with Crippen LogP contribution in [-0.2, 0) is 9.53 Å². The molecular weight excluding hydrogens is 436 g/mol. The molecule has 1 aromatic heterocycles. The molecule has 0 N–H and O–H groups in total. The van der Waals surface area contributed by atoms with Gasteiger partial charge in [0, 0.05) is 39.8 Å². The Hall–Kier alpha value is -3.53. The lowest BCUT2D eigenvalue weighted by Crippen LogP contribution is -2.47. The molecule has 0 bridgehead atoms. The topological polar surface area (TPSA) is 105 Å². The molecule has 0 unspecified atom stereocenters. The second kappa shape index (κ2) is 11.1. The molecule has 0 atom stereocenters. The zero-order valence-electron chi connectivity index (χ0n) is 20.2. The molecule has 1 saturated heterocycles. The fourth-order valence-electron chi connectivity index (χ4n) is 3.72. The third-order valence-electron chi connectivity index (χ3n) is 5.26. The Labute approximate surface area is 200 Å². The van der Waals surface area contributed by atoms with Gasteiger partial charge in [0.15, 0.2) is 0 Å². The van der Waals surface area contributed by atoms with Crippen molar-refractivity contribution in [2.24, 2.45) is 0 Å². The molecule has 0 amide bonds. The number of nitro groups is 1. The van der Waals surface area contributed by atoms with Crippen LogP contribution >= 0.6 is 0 Å². The van der Waals surface area contributed by atoms with Crippen molar-refractivity contribution in [3.05, 3.63) is 58.4 Å². The fraction of sp³-hybridized carbons (Fsp3) is 0.458. The summed E-state index contributed by atoms with van der Waals surface area (Å²) in [6.45, 7) is 8.67. The van der Waals surface area contributed by atoms with Gasteiger partial charge in [-0.25, -0.2) is 9.97 Å². The molecule has 0 aliphatic carbocycles. The minimum atomic E-state index is -0.642. The van der Waals surface area contributed by atoms with Crippen molar-refractivity contribution in [1.29, 1.82) is 0 Å². The van der Waals surface area contributed by atoms with Gasteiger partial charge in [-0.3, -0.25) is 19.8 Å². The normalized spacial score (nSPS) is 14.9. The number of likely N-dealkylation sites (N-methyl/N-ethyl adjacent to an activating group) is 1. The molecule has 0 saturated carbocycles. The maximum atomic E-state index is 12.2. The second-order valence-electron chi connectivity index (χ2n) is 9.17. The number of anilines is 2. The Kier molecular flexibility index (Phi) is 8.17. The summed E-state index contributed by atoms with van der Waals surface area (Å²) in [5.41, 5.74) is 0.308. The number of carbonyl (C=O) groups excluding carboxylic acids is 1. The van der Waals surface area contributed by atoms with Crippen LogP contribution in [0.5, 0.6) is 0 Å². The summed E-state index contributed by atoms with van der Waals surface area (Å²) in [7, 11) is 1.58. The Morgan fingerprint density at radius 2 is 1.85 bits per heavy atom. The number of carbonyl (C=O) groups is 1. The molecule has 2 aromatic rings. The first-order valence-corrected chi connectivity index (χ1v) is 11.3. The second-order valence-corrected chi connectivity index (χ2v) is 9.17. The summed E-state index contributed by atoms with van der Waals surface area (Å²) in [4.78, 5) is 37.7. The van der Waals surface area contributed by atoms with Gasteiger partial charge in [-0.15, -0.1) is 0 Å². The van der Waals surface area contributed by atoms with E-state index in [-0.39, 0.29) is 23.9 Å². The Bertz CT molecular complexity index is 1010. The number of ether oxygens (including phenoxy) is 1. The highest BCUT2D eigenvalue weighted by Crippen LogP contribution is 2.34. The third-order valence-corrected chi connectivity index (χ3v) is 5.26. The minimum absolute atomic E-state index is 0.0917. The maximum Gasteiger partial charge on any atom is 0.353 e. The van der Waals surface area contributed by atoms with Crippen molar-refractivity contribution in [2.45, 2.75) is 26.4 Å². The van der Waals surface area contributed by atoms with Gasteiger partial charge in [0.1, 0.15) is 18.5 Å². The predicted octanol–water partition coefficient (Wildman–Crippen LogP) is 3.00. The molecule has 1 fully saturated rings. The standard InChI is InChI=1S/C24H32N6O4/c1-24(2,3)34-20(31)17-27(4)22-21(30(32)33)23(26-18-25-22)29-15-13-28(14-16-29)12-8-11-19-9-6-5-7-10-19/h5-11,18H,12-17H2,1-4H3. The molecule has 0 radical (unpaired) electrons. The minimum Gasteiger partial charge on any atom is -0.459 e. The third kappa shape index (κ3) is 6.98. The van der Waals surface area contributed by atoms with E-state index in [1.54, 1.807) is 27.8 Å². The summed E-state index contributed by atoms with van der Waals surface area (Å²) in [5, 5.41) is 12.0. The predicted molar refractivity (Wildman–Crippen MR) is 132 cm³/mol. The van der Waals surface area contributed by atoms with Crippen molar-refractivity contribution < 1.29 is 14.5 Å². The van der Waals surface area contributed by atoms with Crippen molar-refractivity contribution in [3.8, 4) is 0 Å². The molecule has 1 aromatic carbocycles. The lowest BCUT2D eigenvalue weighted by atomic mass is 10.2. The average Bonchev–Trinajstić information content (AvgIpc) is 2.78. The highest BCUT2D eigenvalue weighted by atomic mass is 16.6. The van der Waals surface area contributed by atoms with E-state index in [1.807, 2.05) is 23.1 Å². The van der Waals surface area contributed by atoms with Crippen LogP contribution in [-0.4, -0.2) is 77.7 Å². The largest absolute Gasteiger partial charge is 0.459 e. The van der Waals surface area contributed by atoms with Crippen LogP contribution < -0.4 is 9.80 Å². The van der Waals surface area contributed by atoms with Crippen LogP contribution in [0.15, 0.2) is 42.7 Å². The summed E-state index contributed by atoms with van der Waals surface area (Å²) in [6, 6.07) is 10.1. The maximum absolute atomic E-state index is 12.2. The molecule has 2 heterocycles. The lowest BCUT2D eigenvalue weighted by Gasteiger charge is -2.34. The van der Waals surface area contributed by atoms with Gasteiger partial charge < -0.3 is 14.5 Å². The molecule has 1 aliphatic heterocycles. The van der Waals surface area contributed by atoms with Gasteiger partial charge in [0.2, 0.25) is 11.6 Å². The van der Waals surface area contributed by atoms with E-state index in [4.69, 9.17) is 4.74 Å². The summed E-state index contributed by atoms with van der Waals surface area (Å²) in [5.74, 6) is -0.124. The number of nitrogens with zero attached hydrogens (tertiary/aromatic N) is 6. The summed E-state index contributed by atoms with van der Waals surface area (Å²) in [6.07, 6.45) is 5.52. The van der Waals surface area contributed by atoms with Crippen molar-refractivity contribution in [3.63, 3.8) is 0 Å².